The molecular weight excluding hydrogens is 388 g/mol. The van der Waals surface area contributed by atoms with Gasteiger partial charge in [0.15, 0.2) is 5.78 Å². The number of nitrogens with zero attached hydrogens (tertiary/aromatic N) is 2. The van der Waals surface area contributed by atoms with Gasteiger partial charge < -0.3 is 5.11 Å². The molecule has 3 aromatic rings. The minimum atomic E-state index is -0.848. The molecular formula is C26H28N2O3. The van der Waals surface area contributed by atoms with Gasteiger partial charge in [-0.15, -0.1) is 0 Å². The van der Waals surface area contributed by atoms with E-state index in [-0.39, 0.29) is 12.2 Å². The lowest BCUT2D eigenvalue weighted by molar-refractivity contribution is -0.136. The van der Waals surface area contributed by atoms with Crippen molar-refractivity contribution in [2.75, 3.05) is 0 Å². The Morgan fingerprint density at radius 1 is 0.968 bits per heavy atom. The van der Waals surface area contributed by atoms with E-state index in [2.05, 4.69) is 11.2 Å². The van der Waals surface area contributed by atoms with Crippen molar-refractivity contribution >= 4 is 11.8 Å². The summed E-state index contributed by atoms with van der Waals surface area (Å²) >= 11 is 0. The van der Waals surface area contributed by atoms with Gasteiger partial charge >= 0.3 is 5.97 Å². The van der Waals surface area contributed by atoms with Crippen molar-refractivity contribution in [1.29, 1.82) is 0 Å². The SMILES string of the molecule is Cc1nn(Cc2ccc(CC(=O)c3cccc4c3CCCC4)cc2)c(C)c1CC(=O)O. The van der Waals surface area contributed by atoms with Gasteiger partial charge in [0.2, 0.25) is 0 Å². The average molecular weight is 417 g/mol. The summed E-state index contributed by atoms with van der Waals surface area (Å²) in [7, 11) is 0. The molecule has 5 nitrogen and oxygen atoms in total. The van der Waals surface area contributed by atoms with Crippen LogP contribution in [0, 0.1) is 13.8 Å². The summed E-state index contributed by atoms with van der Waals surface area (Å²) in [6, 6.07) is 14.2. The maximum absolute atomic E-state index is 13.0. The largest absolute Gasteiger partial charge is 0.481 e. The van der Waals surface area contributed by atoms with Gasteiger partial charge in [0.25, 0.3) is 0 Å². The van der Waals surface area contributed by atoms with Gasteiger partial charge in [-0.25, -0.2) is 0 Å². The van der Waals surface area contributed by atoms with Crippen LogP contribution in [0.3, 0.4) is 0 Å². The van der Waals surface area contributed by atoms with Crippen LogP contribution < -0.4 is 0 Å². The highest BCUT2D eigenvalue weighted by Gasteiger charge is 2.18. The number of aryl methyl sites for hydroxylation is 2. The van der Waals surface area contributed by atoms with Crippen molar-refractivity contribution in [3.8, 4) is 0 Å². The second kappa shape index (κ2) is 8.88. The Bertz CT molecular complexity index is 1130. The van der Waals surface area contributed by atoms with E-state index >= 15 is 0 Å². The zero-order chi connectivity index (χ0) is 22.0. The molecule has 0 atom stereocenters. The first kappa shape index (κ1) is 21.0. The molecule has 1 aliphatic rings. The molecule has 5 heteroatoms. The lowest BCUT2D eigenvalue weighted by Gasteiger charge is -2.18. The molecule has 1 aromatic heterocycles. The van der Waals surface area contributed by atoms with Crippen LogP contribution in [0.2, 0.25) is 0 Å². The maximum atomic E-state index is 13.0. The van der Waals surface area contributed by atoms with E-state index in [0.29, 0.717) is 13.0 Å². The second-order valence-corrected chi connectivity index (χ2v) is 8.44. The fourth-order valence-corrected chi connectivity index (χ4v) is 4.55. The van der Waals surface area contributed by atoms with Gasteiger partial charge in [-0.3, -0.25) is 14.3 Å². The molecule has 0 saturated heterocycles. The predicted molar refractivity (Wildman–Crippen MR) is 120 cm³/mol. The first-order valence-corrected chi connectivity index (χ1v) is 10.9. The first-order chi connectivity index (χ1) is 14.9. The van der Waals surface area contributed by atoms with E-state index in [1.807, 2.05) is 54.9 Å². The lowest BCUT2D eigenvalue weighted by atomic mass is 9.86. The Morgan fingerprint density at radius 3 is 2.42 bits per heavy atom. The standard InChI is InChI=1S/C26H28N2O3/c1-17-24(15-26(30)31)18(2)28(27-17)16-20-12-10-19(11-13-20)14-25(29)23-9-5-7-21-6-3-4-8-22(21)23/h5,7,9-13H,3-4,6,8,14-16H2,1-2H3,(H,30,31). The molecule has 0 fully saturated rings. The monoisotopic (exact) mass is 416 g/mol. The number of ketones is 1. The van der Waals surface area contributed by atoms with E-state index < -0.39 is 5.97 Å². The topological polar surface area (TPSA) is 72.2 Å². The number of carboxylic acid groups (broad SMARTS) is 1. The summed E-state index contributed by atoms with van der Waals surface area (Å²) in [5.74, 6) is -0.664. The number of Topliss-reactive ketones (excluding diaryl/α,β-unsaturated/α-hetero) is 1. The smallest absolute Gasteiger partial charge is 0.307 e. The van der Waals surface area contributed by atoms with Crippen LogP contribution in [-0.4, -0.2) is 26.6 Å². The molecule has 0 aliphatic heterocycles. The zero-order valence-electron chi connectivity index (χ0n) is 18.1. The van der Waals surface area contributed by atoms with E-state index in [9.17, 15) is 9.59 Å². The van der Waals surface area contributed by atoms with Gasteiger partial charge in [0, 0.05) is 23.2 Å². The summed E-state index contributed by atoms with van der Waals surface area (Å²) in [6.45, 7) is 4.33. The molecule has 160 valence electrons. The highest BCUT2D eigenvalue weighted by molar-refractivity contribution is 5.99. The van der Waals surface area contributed by atoms with Crippen molar-refractivity contribution < 1.29 is 14.7 Å². The summed E-state index contributed by atoms with van der Waals surface area (Å²) in [4.78, 5) is 24.1. The number of carbonyl (C=O) groups excluding carboxylic acids is 1. The minimum Gasteiger partial charge on any atom is -0.481 e. The third-order valence-corrected chi connectivity index (χ3v) is 6.28. The van der Waals surface area contributed by atoms with Gasteiger partial charge in [-0.05, 0) is 61.8 Å². The number of carbonyl (C=O) groups is 2. The molecule has 0 radical (unpaired) electrons. The molecule has 0 spiro atoms. The Balaban J connectivity index is 1.46. The van der Waals surface area contributed by atoms with E-state index in [4.69, 9.17) is 5.11 Å². The van der Waals surface area contributed by atoms with Crippen molar-refractivity contribution in [1.82, 2.24) is 9.78 Å². The Morgan fingerprint density at radius 2 is 1.68 bits per heavy atom. The fraction of sp³-hybridized carbons (Fsp3) is 0.346. The summed E-state index contributed by atoms with van der Waals surface area (Å²) < 4.78 is 1.85. The second-order valence-electron chi connectivity index (χ2n) is 8.44. The number of benzene rings is 2. The van der Waals surface area contributed by atoms with Crippen molar-refractivity contribution in [3.63, 3.8) is 0 Å². The van der Waals surface area contributed by atoms with Crippen LogP contribution in [0.25, 0.3) is 0 Å². The number of fused-ring (bicyclic) bond motifs is 1. The molecule has 0 amide bonds. The van der Waals surface area contributed by atoms with Crippen LogP contribution in [-0.2, 0) is 37.0 Å². The summed E-state index contributed by atoms with van der Waals surface area (Å²) in [5, 5.41) is 13.6. The van der Waals surface area contributed by atoms with Crippen molar-refractivity contribution in [2.24, 2.45) is 0 Å². The predicted octanol–water partition coefficient (Wildman–Crippen LogP) is 4.48. The van der Waals surface area contributed by atoms with Crippen LogP contribution in [0.4, 0.5) is 0 Å². The molecule has 31 heavy (non-hydrogen) atoms. The molecule has 0 unspecified atom stereocenters. The molecule has 1 aliphatic carbocycles. The molecule has 0 bridgehead atoms. The number of carboxylic acids is 1. The third-order valence-electron chi connectivity index (χ3n) is 6.28. The quantitative estimate of drug-likeness (QED) is 0.577. The molecule has 4 rings (SSSR count). The lowest BCUT2D eigenvalue weighted by Crippen LogP contribution is -2.12. The van der Waals surface area contributed by atoms with Crippen molar-refractivity contribution in [2.45, 2.75) is 58.9 Å². The molecule has 1 N–H and O–H groups in total. The van der Waals surface area contributed by atoms with Crippen LogP contribution in [0.15, 0.2) is 42.5 Å². The Labute approximate surface area is 182 Å². The summed E-state index contributed by atoms with van der Waals surface area (Å²) in [5.41, 5.74) is 7.96. The normalized spacial score (nSPS) is 13.1. The van der Waals surface area contributed by atoms with Crippen LogP contribution in [0.5, 0.6) is 0 Å². The van der Waals surface area contributed by atoms with Crippen LogP contribution >= 0.6 is 0 Å². The number of aromatic nitrogens is 2. The number of hydrogen-bond acceptors (Lipinski definition) is 3. The van der Waals surface area contributed by atoms with Crippen molar-refractivity contribution in [3.05, 3.63) is 87.2 Å². The van der Waals surface area contributed by atoms with E-state index in [1.54, 1.807) is 0 Å². The summed E-state index contributed by atoms with van der Waals surface area (Å²) in [6.07, 6.45) is 4.83. The average Bonchev–Trinajstić information content (AvgIpc) is 3.01. The third kappa shape index (κ3) is 4.61. The highest BCUT2D eigenvalue weighted by Crippen LogP contribution is 2.25. The Kier molecular flexibility index (Phi) is 6.03. The molecule has 1 heterocycles. The van der Waals surface area contributed by atoms with E-state index in [1.165, 1.54) is 17.5 Å². The molecule has 2 aromatic carbocycles. The van der Waals surface area contributed by atoms with Gasteiger partial charge in [-0.2, -0.15) is 5.10 Å². The van der Waals surface area contributed by atoms with Gasteiger partial charge in [0.1, 0.15) is 0 Å². The van der Waals surface area contributed by atoms with E-state index in [0.717, 1.165) is 52.9 Å². The highest BCUT2D eigenvalue weighted by atomic mass is 16.4. The molecule has 0 saturated carbocycles. The zero-order valence-corrected chi connectivity index (χ0v) is 18.1. The number of hydrogen-bond donors (Lipinski definition) is 1. The Hall–Kier alpha value is -3.21. The van der Waals surface area contributed by atoms with Gasteiger partial charge in [0.05, 0.1) is 18.7 Å². The van der Waals surface area contributed by atoms with Gasteiger partial charge in [-0.1, -0.05) is 42.5 Å². The maximum Gasteiger partial charge on any atom is 0.307 e. The van der Waals surface area contributed by atoms with Crippen LogP contribution in [0.1, 0.15) is 62.4 Å². The minimum absolute atomic E-state index is 0.0120. The fourth-order valence-electron chi connectivity index (χ4n) is 4.55. The number of rotatable bonds is 7. The number of aliphatic carboxylic acids is 1. The first-order valence-electron chi connectivity index (χ1n) is 10.9.